The first kappa shape index (κ1) is 14.1. The van der Waals surface area contributed by atoms with Crippen LogP contribution in [-0.2, 0) is 11.3 Å². The lowest BCUT2D eigenvalue weighted by atomic mass is 10.2. The molecule has 21 heavy (non-hydrogen) atoms. The Morgan fingerprint density at radius 2 is 1.62 bits per heavy atom. The van der Waals surface area contributed by atoms with Gasteiger partial charge in [-0.25, -0.2) is 0 Å². The van der Waals surface area contributed by atoms with Crippen molar-refractivity contribution in [1.29, 1.82) is 0 Å². The topological polar surface area (TPSA) is 41.1 Å². The number of carbonyl (C=O) groups excluding carboxylic acids is 1. The van der Waals surface area contributed by atoms with Crippen LogP contribution in [0, 0.1) is 5.92 Å². The molecule has 3 nitrogen and oxygen atoms in total. The quantitative estimate of drug-likeness (QED) is 0.843. The van der Waals surface area contributed by atoms with E-state index in [1.54, 1.807) is 0 Å². The van der Waals surface area contributed by atoms with Crippen molar-refractivity contribution in [2.75, 3.05) is 10.6 Å². The molecule has 0 spiro atoms. The van der Waals surface area contributed by atoms with Crippen molar-refractivity contribution in [3.8, 4) is 0 Å². The summed E-state index contributed by atoms with van der Waals surface area (Å²) < 4.78 is 1.09. The van der Waals surface area contributed by atoms with Gasteiger partial charge in [0.1, 0.15) is 0 Å². The lowest BCUT2D eigenvalue weighted by Crippen LogP contribution is -2.13. The van der Waals surface area contributed by atoms with Crippen LogP contribution < -0.4 is 10.6 Å². The van der Waals surface area contributed by atoms with E-state index in [0.29, 0.717) is 0 Å². The molecule has 1 aliphatic carbocycles. The summed E-state index contributed by atoms with van der Waals surface area (Å²) >= 11 is 3.43. The maximum Gasteiger partial charge on any atom is 0.227 e. The molecule has 0 bridgehead atoms. The van der Waals surface area contributed by atoms with Gasteiger partial charge in [-0.1, -0.05) is 28.1 Å². The molecule has 0 aliphatic heterocycles. The zero-order valence-electron chi connectivity index (χ0n) is 11.6. The first-order chi connectivity index (χ1) is 10.2. The van der Waals surface area contributed by atoms with Crippen molar-refractivity contribution in [2.24, 2.45) is 5.92 Å². The second kappa shape index (κ2) is 6.31. The molecule has 2 aromatic rings. The van der Waals surface area contributed by atoms with Gasteiger partial charge in [0, 0.05) is 28.3 Å². The Kier molecular flexibility index (Phi) is 4.25. The van der Waals surface area contributed by atoms with E-state index in [-0.39, 0.29) is 11.8 Å². The van der Waals surface area contributed by atoms with E-state index in [1.807, 2.05) is 36.4 Å². The van der Waals surface area contributed by atoms with E-state index >= 15 is 0 Å². The molecule has 1 aliphatic rings. The Balaban J connectivity index is 1.54. The predicted octanol–water partition coefficient (Wildman–Crippen LogP) is 4.41. The van der Waals surface area contributed by atoms with Gasteiger partial charge in [-0.2, -0.15) is 0 Å². The van der Waals surface area contributed by atoms with E-state index in [0.717, 1.165) is 35.2 Å². The average Bonchev–Trinajstić information content (AvgIpc) is 3.33. The first-order valence-electron chi connectivity index (χ1n) is 7.10. The minimum Gasteiger partial charge on any atom is -0.381 e. The summed E-state index contributed by atoms with van der Waals surface area (Å²) in [6, 6.07) is 16.1. The highest BCUT2D eigenvalue weighted by atomic mass is 79.9. The highest BCUT2D eigenvalue weighted by molar-refractivity contribution is 9.10. The van der Waals surface area contributed by atoms with Crippen LogP contribution >= 0.6 is 15.9 Å². The van der Waals surface area contributed by atoms with Gasteiger partial charge in [-0.05, 0) is 54.8 Å². The molecule has 3 rings (SSSR count). The van der Waals surface area contributed by atoms with Crippen molar-refractivity contribution in [2.45, 2.75) is 19.4 Å². The van der Waals surface area contributed by atoms with Crippen LogP contribution in [0.4, 0.5) is 11.4 Å². The number of benzene rings is 2. The molecular weight excluding hydrogens is 328 g/mol. The van der Waals surface area contributed by atoms with Crippen LogP contribution in [-0.4, -0.2) is 5.91 Å². The lowest BCUT2D eigenvalue weighted by molar-refractivity contribution is -0.117. The molecule has 2 aromatic carbocycles. The second-order valence-electron chi connectivity index (χ2n) is 5.32. The van der Waals surface area contributed by atoms with Gasteiger partial charge in [-0.3, -0.25) is 4.79 Å². The number of halogens is 1. The van der Waals surface area contributed by atoms with Gasteiger partial charge in [-0.15, -0.1) is 0 Å². The van der Waals surface area contributed by atoms with Gasteiger partial charge in [0.15, 0.2) is 0 Å². The highest BCUT2D eigenvalue weighted by Gasteiger charge is 2.29. The summed E-state index contributed by atoms with van der Waals surface area (Å²) in [6.07, 6.45) is 2.05. The third kappa shape index (κ3) is 4.08. The van der Waals surface area contributed by atoms with Crippen LogP contribution in [0.2, 0.25) is 0 Å². The molecule has 0 saturated heterocycles. The minimum atomic E-state index is 0.144. The van der Waals surface area contributed by atoms with Crippen molar-refractivity contribution in [1.82, 2.24) is 0 Å². The fourth-order valence-corrected chi connectivity index (χ4v) is 2.33. The van der Waals surface area contributed by atoms with Crippen LogP contribution in [0.1, 0.15) is 18.4 Å². The van der Waals surface area contributed by atoms with E-state index in [2.05, 4.69) is 38.7 Å². The van der Waals surface area contributed by atoms with Crippen LogP contribution in [0.5, 0.6) is 0 Å². The normalized spacial score (nSPS) is 13.8. The molecule has 1 fully saturated rings. The van der Waals surface area contributed by atoms with Crippen molar-refractivity contribution in [3.05, 3.63) is 58.6 Å². The van der Waals surface area contributed by atoms with Crippen LogP contribution in [0.3, 0.4) is 0 Å². The van der Waals surface area contributed by atoms with Crippen LogP contribution in [0.15, 0.2) is 53.0 Å². The highest BCUT2D eigenvalue weighted by Crippen LogP contribution is 2.30. The Morgan fingerprint density at radius 1 is 1.00 bits per heavy atom. The smallest absolute Gasteiger partial charge is 0.227 e. The molecule has 0 atom stereocenters. The SMILES string of the molecule is O=C(Nc1ccc(NCc2ccc(Br)cc2)cc1)C1CC1. The molecule has 108 valence electrons. The van der Waals surface area contributed by atoms with Crippen molar-refractivity contribution in [3.63, 3.8) is 0 Å². The van der Waals surface area contributed by atoms with Gasteiger partial charge in [0.05, 0.1) is 0 Å². The predicted molar refractivity (Wildman–Crippen MR) is 89.3 cm³/mol. The number of hydrogen-bond acceptors (Lipinski definition) is 2. The molecular formula is C17H17BrN2O. The number of nitrogens with one attached hydrogen (secondary N) is 2. The van der Waals surface area contributed by atoms with Gasteiger partial charge >= 0.3 is 0 Å². The maximum atomic E-state index is 11.7. The van der Waals surface area contributed by atoms with Crippen molar-refractivity contribution >= 4 is 33.2 Å². The Labute approximate surface area is 132 Å². The Hall–Kier alpha value is -1.81. The molecule has 1 amide bonds. The number of rotatable bonds is 5. The van der Waals surface area contributed by atoms with E-state index < -0.39 is 0 Å². The third-order valence-electron chi connectivity index (χ3n) is 3.51. The zero-order valence-corrected chi connectivity index (χ0v) is 13.2. The second-order valence-corrected chi connectivity index (χ2v) is 6.24. The summed E-state index contributed by atoms with van der Waals surface area (Å²) in [4.78, 5) is 11.7. The van der Waals surface area contributed by atoms with E-state index in [4.69, 9.17) is 0 Å². The summed E-state index contributed by atoms with van der Waals surface area (Å²) in [5.41, 5.74) is 3.13. The number of anilines is 2. The maximum absolute atomic E-state index is 11.7. The van der Waals surface area contributed by atoms with Crippen LogP contribution in [0.25, 0.3) is 0 Å². The average molecular weight is 345 g/mol. The molecule has 2 N–H and O–H groups in total. The summed E-state index contributed by atoms with van der Waals surface area (Å²) in [7, 11) is 0. The number of amides is 1. The molecule has 0 aromatic heterocycles. The van der Waals surface area contributed by atoms with Crippen molar-refractivity contribution < 1.29 is 4.79 Å². The fraction of sp³-hybridized carbons (Fsp3) is 0.235. The third-order valence-corrected chi connectivity index (χ3v) is 4.04. The van der Waals surface area contributed by atoms with E-state index in [1.165, 1.54) is 5.56 Å². The Bertz CT molecular complexity index is 618. The largest absolute Gasteiger partial charge is 0.381 e. The zero-order chi connectivity index (χ0) is 14.7. The van der Waals surface area contributed by atoms with Gasteiger partial charge in [0.25, 0.3) is 0 Å². The molecule has 0 radical (unpaired) electrons. The fourth-order valence-electron chi connectivity index (χ4n) is 2.07. The molecule has 1 saturated carbocycles. The Morgan fingerprint density at radius 3 is 2.24 bits per heavy atom. The summed E-state index contributed by atoms with van der Waals surface area (Å²) in [6.45, 7) is 0.779. The standard InChI is InChI=1S/C17H17BrN2O/c18-14-5-1-12(2-6-14)11-19-15-7-9-16(10-8-15)20-17(21)13-3-4-13/h1-2,5-10,13,19H,3-4,11H2,(H,20,21). The summed E-state index contributed by atoms with van der Waals surface area (Å²) in [5.74, 6) is 0.380. The molecule has 0 unspecified atom stereocenters. The van der Waals surface area contributed by atoms with Gasteiger partial charge < -0.3 is 10.6 Å². The number of carbonyl (C=O) groups is 1. The number of hydrogen-bond donors (Lipinski definition) is 2. The molecule has 0 heterocycles. The minimum absolute atomic E-state index is 0.144. The molecule has 4 heteroatoms. The van der Waals surface area contributed by atoms with E-state index in [9.17, 15) is 4.79 Å². The monoisotopic (exact) mass is 344 g/mol. The lowest BCUT2D eigenvalue weighted by Gasteiger charge is -2.09. The summed E-state index contributed by atoms with van der Waals surface area (Å²) in [5, 5.41) is 6.31. The first-order valence-corrected chi connectivity index (χ1v) is 7.89. The van der Waals surface area contributed by atoms with Gasteiger partial charge in [0.2, 0.25) is 5.91 Å².